The smallest absolute Gasteiger partial charge is 0.323 e. The number of piperidine rings is 1. The maximum Gasteiger partial charge on any atom is 0.323 e. The fourth-order valence-corrected chi connectivity index (χ4v) is 3.20. The first-order valence-corrected chi connectivity index (χ1v) is 8.17. The third kappa shape index (κ3) is 3.24. The van der Waals surface area contributed by atoms with Gasteiger partial charge in [-0.15, -0.1) is 0 Å². The van der Waals surface area contributed by atoms with E-state index in [2.05, 4.69) is 23.3 Å². The van der Waals surface area contributed by atoms with Crippen LogP contribution in [0.2, 0.25) is 0 Å². The normalized spacial score (nSPS) is 25.6. The Morgan fingerprint density at radius 2 is 2.23 bits per heavy atom. The molecule has 5 nitrogen and oxygen atoms in total. The minimum atomic E-state index is -0.239. The third-order valence-electron chi connectivity index (χ3n) is 5.04. The van der Waals surface area contributed by atoms with Crippen LogP contribution in [0.15, 0.2) is 18.3 Å². The molecule has 1 aliphatic carbocycles. The van der Waals surface area contributed by atoms with Gasteiger partial charge in [-0.2, -0.15) is 0 Å². The Bertz CT molecular complexity index is 527. The van der Waals surface area contributed by atoms with Crippen LogP contribution in [0.25, 0.3) is 0 Å². The summed E-state index contributed by atoms with van der Waals surface area (Å²) in [4.78, 5) is 18.6. The third-order valence-corrected chi connectivity index (χ3v) is 5.04. The summed E-state index contributed by atoms with van der Waals surface area (Å²) >= 11 is 0. The molecule has 2 aliphatic rings. The number of methoxy groups -OCH3 is 1. The molecule has 0 spiro atoms. The molecule has 1 saturated heterocycles. The number of nitrogens with zero attached hydrogens (tertiary/aromatic N) is 2. The summed E-state index contributed by atoms with van der Waals surface area (Å²) in [6, 6.07) is 3.90. The summed E-state index contributed by atoms with van der Waals surface area (Å²) in [5.74, 6) is 1.29. The lowest BCUT2D eigenvalue weighted by Crippen LogP contribution is -2.50. The highest BCUT2D eigenvalue weighted by Crippen LogP contribution is 2.36. The molecule has 2 amide bonds. The van der Waals surface area contributed by atoms with Gasteiger partial charge in [0.15, 0.2) is 0 Å². The Balaban J connectivity index is 1.59. The van der Waals surface area contributed by atoms with Crippen molar-refractivity contribution in [2.45, 2.75) is 50.5 Å². The van der Waals surface area contributed by atoms with Crippen LogP contribution in [0.1, 0.15) is 50.5 Å². The minimum Gasteiger partial charge on any atom is -0.377 e. The largest absolute Gasteiger partial charge is 0.377 e. The van der Waals surface area contributed by atoms with Gasteiger partial charge in [-0.05, 0) is 50.2 Å². The zero-order valence-electron chi connectivity index (χ0n) is 13.5. The highest BCUT2D eigenvalue weighted by Gasteiger charge is 2.33. The molecule has 22 heavy (non-hydrogen) atoms. The van der Waals surface area contributed by atoms with Crippen LogP contribution in [0.3, 0.4) is 0 Å². The van der Waals surface area contributed by atoms with Crippen molar-refractivity contribution in [1.82, 2.24) is 9.88 Å². The quantitative estimate of drug-likeness (QED) is 0.931. The Labute approximate surface area is 132 Å². The second kappa shape index (κ2) is 6.24. The van der Waals surface area contributed by atoms with Crippen LogP contribution in [-0.2, 0) is 4.74 Å². The average Bonchev–Trinajstić information content (AvgIpc) is 2.47. The SMILES string of the molecule is COC1(C)CCCN(C(=O)Nc2ccc(C3CCC3)cn2)C1. The molecular formula is C17H25N3O2. The summed E-state index contributed by atoms with van der Waals surface area (Å²) in [7, 11) is 1.71. The van der Waals surface area contributed by atoms with Gasteiger partial charge in [0.2, 0.25) is 0 Å². The van der Waals surface area contributed by atoms with E-state index in [-0.39, 0.29) is 11.6 Å². The molecule has 5 heteroatoms. The summed E-state index contributed by atoms with van der Waals surface area (Å²) in [5.41, 5.74) is 1.05. The van der Waals surface area contributed by atoms with Crippen molar-refractivity contribution in [2.75, 3.05) is 25.5 Å². The second-order valence-corrected chi connectivity index (χ2v) is 6.71. The lowest BCUT2D eigenvalue weighted by molar-refractivity contribution is -0.0389. The number of nitrogens with one attached hydrogen (secondary N) is 1. The lowest BCUT2D eigenvalue weighted by Gasteiger charge is -2.39. The first-order valence-electron chi connectivity index (χ1n) is 8.17. The van der Waals surface area contributed by atoms with E-state index in [1.165, 1.54) is 24.8 Å². The Morgan fingerprint density at radius 3 is 2.82 bits per heavy atom. The van der Waals surface area contributed by atoms with Gasteiger partial charge in [0.05, 0.1) is 12.1 Å². The molecular weight excluding hydrogens is 278 g/mol. The molecule has 1 aliphatic heterocycles. The van der Waals surface area contributed by atoms with E-state index in [0.717, 1.165) is 19.4 Å². The van der Waals surface area contributed by atoms with Crippen LogP contribution in [0.5, 0.6) is 0 Å². The predicted molar refractivity (Wildman–Crippen MR) is 86.1 cm³/mol. The molecule has 1 atom stereocenters. The number of hydrogen-bond acceptors (Lipinski definition) is 3. The molecule has 0 aromatic carbocycles. The maximum atomic E-state index is 12.4. The van der Waals surface area contributed by atoms with Crippen molar-refractivity contribution >= 4 is 11.8 Å². The minimum absolute atomic E-state index is 0.0909. The zero-order chi connectivity index (χ0) is 15.6. The fourth-order valence-electron chi connectivity index (χ4n) is 3.20. The summed E-state index contributed by atoms with van der Waals surface area (Å²) < 4.78 is 5.53. The van der Waals surface area contributed by atoms with Gasteiger partial charge in [0.1, 0.15) is 5.82 Å². The number of carbonyl (C=O) groups is 1. The molecule has 1 aromatic heterocycles. The van der Waals surface area contributed by atoms with Gasteiger partial charge < -0.3 is 9.64 Å². The monoisotopic (exact) mass is 303 g/mol. The van der Waals surface area contributed by atoms with Crippen LogP contribution in [0, 0.1) is 0 Å². The van der Waals surface area contributed by atoms with E-state index < -0.39 is 0 Å². The van der Waals surface area contributed by atoms with Crippen molar-refractivity contribution < 1.29 is 9.53 Å². The van der Waals surface area contributed by atoms with E-state index in [1.807, 2.05) is 17.2 Å². The standard InChI is InChI=1S/C17H25N3O2/c1-17(22-2)9-4-10-20(12-17)16(21)19-15-8-7-14(11-18-15)13-5-3-6-13/h7-8,11,13H,3-6,9-10,12H2,1-2H3,(H,18,19,21). The maximum absolute atomic E-state index is 12.4. The summed E-state index contributed by atoms with van der Waals surface area (Å²) in [6.45, 7) is 3.44. The summed E-state index contributed by atoms with van der Waals surface area (Å²) in [5, 5.41) is 2.90. The number of pyridine rings is 1. The average molecular weight is 303 g/mol. The van der Waals surface area contributed by atoms with Gasteiger partial charge in [0.25, 0.3) is 0 Å². The molecule has 1 saturated carbocycles. The zero-order valence-corrected chi connectivity index (χ0v) is 13.5. The Hall–Kier alpha value is -1.62. The van der Waals surface area contributed by atoms with E-state index in [4.69, 9.17) is 4.74 Å². The Kier molecular flexibility index (Phi) is 4.34. The number of ether oxygens (including phenoxy) is 1. The summed E-state index contributed by atoms with van der Waals surface area (Å²) in [6.07, 6.45) is 7.69. The number of amides is 2. The number of anilines is 1. The highest BCUT2D eigenvalue weighted by molar-refractivity contribution is 5.88. The highest BCUT2D eigenvalue weighted by atomic mass is 16.5. The number of aromatic nitrogens is 1. The fraction of sp³-hybridized carbons (Fsp3) is 0.647. The van der Waals surface area contributed by atoms with Gasteiger partial charge in [-0.1, -0.05) is 12.5 Å². The molecule has 1 unspecified atom stereocenters. The lowest BCUT2D eigenvalue weighted by atomic mass is 9.81. The van der Waals surface area contributed by atoms with E-state index >= 15 is 0 Å². The first-order chi connectivity index (χ1) is 10.6. The Morgan fingerprint density at radius 1 is 1.41 bits per heavy atom. The van der Waals surface area contributed by atoms with E-state index in [9.17, 15) is 4.79 Å². The van der Waals surface area contributed by atoms with Gasteiger partial charge >= 0.3 is 6.03 Å². The van der Waals surface area contributed by atoms with Gasteiger partial charge in [-0.3, -0.25) is 5.32 Å². The van der Waals surface area contributed by atoms with Crippen molar-refractivity contribution in [3.63, 3.8) is 0 Å². The van der Waals surface area contributed by atoms with Crippen LogP contribution in [-0.4, -0.2) is 41.7 Å². The molecule has 3 rings (SSSR count). The molecule has 2 heterocycles. The second-order valence-electron chi connectivity index (χ2n) is 6.71. The topological polar surface area (TPSA) is 54.5 Å². The van der Waals surface area contributed by atoms with E-state index in [1.54, 1.807) is 7.11 Å². The first kappa shape index (κ1) is 15.3. The van der Waals surface area contributed by atoms with Crippen molar-refractivity contribution in [3.05, 3.63) is 23.9 Å². The number of urea groups is 1. The van der Waals surface area contributed by atoms with Crippen molar-refractivity contribution in [1.29, 1.82) is 0 Å². The van der Waals surface area contributed by atoms with Crippen molar-refractivity contribution in [3.8, 4) is 0 Å². The van der Waals surface area contributed by atoms with Crippen molar-refractivity contribution in [2.24, 2.45) is 0 Å². The number of likely N-dealkylation sites (tertiary alicyclic amines) is 1. The van der Waals surface area contributed by atoms with Gasteiger partial charge in [0, 0.05) is 19.9 Å². The molecule has 2 fully saturated rings. The van der Waals surface area contributed by atoms with Crippen LogP contribution < -0.4 is 5.32 Å². The molecule has 120 valence electrons. The molecule has 0 radical (unpaired) electrons. The number of carbonyl (C=O) groups excluding carboxylic acids is 1. The number of hydrogen-bond donors (Lipinski definition) is 1. The molecule has 1 N–H and O–H groups in total. The van der Waals surface area contributed by atoms with Crippen LogP contribution in [0.4, 0.5) is 10.6 Å². The molecule has 1 aromatic rings. The predicted octanol–water partition coefficient (Wildman–Crippen LogP) is 3.38. The van der Waals surface area contributed by atoms with E-state index in [0.29, 0.717) is 18.3 Å². The van der Waals surface area contributed by atoms with Gasteiger partial charge in [-0.25, -0.2) is 9.78 Å². The van der Waals surface area contributed by atoms with Crippen LogP contribution >= 0.6 is 0 Å². The molecule has 0 bridgehead atoms. The number of rotatable bonds is 3.